The van der Waals surface area contributed by atoms with Gasteiger partial charge in [0.2, 0.25) is 0 Å². The molecule has 30 heavy (non-hydrogen) atoms. The van der Waals surface area contributed by atoms with Gasteiger partial charge in [0.15, 0.2) is 11.1 Å². The predicted molar refractivity (Wildman–Crippen MR) is 125 cm³/mol. The van der Waals surface area contributed by atoms with Crippen molar-refractivity contribution in [2.24, 2.45) is 4.99 Å². The number of nitrogens with zero attached hydrogens (tertiary/aromatic N) is 5. The molecule has 0 radical (unpaired) electrons. The minimum atomic E-state index is 0.350. The van der Waals surface area contributed by atoms with Crippen LogP contribution in [0.4, 0.5) is 10.8 Å². The number of aliphatic imine (C=N–C) groups is 1. The summed E-state index contributed by atoms with van der Waals surface area (Å²) >= 11 is 1.76. The number of piperazine rings is 1. The van der Waals surface area contributed by atoms with Crippen molar-refractivity contribution >= 4 is 28.1 Å². The number of para-hydroxylation sites is 2. The number of benzene rings is 1. The maximum atomic E-state index is 10.1. The van der Waals surface area contributed by atoms with Gasteiger partial charge in [-0.25, -0.2) is 4.98 Å². The molecule has 2 fully saturated rings. The fourth-order valence-corrected chi connectivity index (χ4v) is 4.97. The number of hydrogen-bond acceptors (Lipinski definition) is 6. The highest BCUT2D eigenvalue weighted by molar-refractivity contribution is 7.13. The molecule has 1 aromatic carbocycles. The first-order valence-electron chi connectivity index (χ1n) is 11.0. The Hall–Kier alpha value is -2.48. The number of thiazole rings is 1. The number of phenolic OH excluding ortho intramolecular Hbond substituents is 1. The fraction of sp³-hybridized carbons (Fsp3) is 0.545. The summed E-state index contributed by atoms with van der Waals surface area (Å²) < 4.78 is 0. The normalized spacial score (nSPS) is 17.6. The van der Waals surface area contributed by atoms with Crippen LogP contribution in [0.3, 0.4) is 0 Å². The Bertz CT molecular complexity index is 840. The van der Waals surface area contributed by atoms with Crippen molar-refractivity contribution in [3.05, 3.63) is 35.3 Å². The third-order valence-corrected chi connectivity index (χ3v) is 6.63. The number of aromatic hydroxyl groups is 1. The van der Waals surface area contributed by atoms with Crippen molar-refractivity contribution in [2.45, 2.75) is 26.2 Å². The van der Waals surface area contributed by atoms with Gasteiger partial charge in [-0.05, 0) is 31.9 Å². The minimum Gasteiger partial charge on any atom is -0.506 e. The van der Waals surface area contributed by atoms with Gasteiger partial charge in [-0.3, -0.25) is 4.99 Å². The predicted octanol–water partition coefficient (Wildman–Crippen LogP) is 2.78. The van der Waals surface area contributed by atoms with Crippen molar-refractivity contribution in [2.75, 3.05) is 62.2 Å². The molecule has 0 spiro atoms. The molecule has 2 aromatic rings. The van der Waals surface area contributed by atoms with E-state index in [1.807, 2.05) is 18.2 Å². The molecule has 0 bridgehead atoms. The number of aromatic nitrogens is 1. The number of hydrogen-bond donors (Lipinski definition) is 2. The standard InChI is InChI=1S/C22H32N6OS/c1-2-23-21(24-10-9-18-17-30-22(25-18)28-11-5-6-12-28)27-15-13-26(14-16-27)19-7-3-4-8-20(19)29/h3-4,7-8,17,29H,2,5-6,9-16H2,1H3,(H,23,24). The second-order valence-corrected chi connectivity index (χ2v) is 8.60. The van der Waals surface area contributed by atoms with Gasteiger partial charge in [0.25, 0.3) is 0 Å². The van der Waals surface area contributed by atoms with Crippen molar-refractivity contribution in [3.8, 4) is 5.75 Å². The summed E-state index contributed by atoms with van der Waals surface area (Å²) in [5, 5.41) is 16.9. The minimum absolute atomic E-state index is 0.350. The van der Waals surface area contributed by atoms with Gasteiger partial charge in [-0.2, -0.15) is 0 Å². The van der Waals surface area contributed by atoms with Crippen molar-refractivity contribution < 1.29 is 5.11 Å². The third-order valence-electron chi connectivity index (χ3n) is 5.68. The maximum Gasteiger partial charge on any atom is 0.194 e. The van der Waals surface area contributed by atoms with Crippen LogP contribution in [0.5, 0.6) is 5.75 Å². The second-order valence-electron chi connectivity index (χ2n) is 7.76. The van der Waals surface area contributed by atoms with Crippen LogP contribution in [0.15, 0.2) is 34.6 Å². The second kappa shape index (κ2) is 10.0. The fourth-order valence-electron chi connectivity index (χ4n) is 4.06. The zero-order chi connectivity index (χ0) is 20.8. The Morgan fingerprint density at radius 1 is 1.10 bits per heavy atom. The van der Waals surface area contributed by atoms with Crippen LogP contribution >= 0.6 is 11.3 Å². The molecule has 2 N–H and O–H groups in total. The lowest BCUT2D eigenvalue weighted by Gasteiger charge is -2.37. The van der Waals surface area contributed by atoms with Crippen LogP contribution in [0, 0.1) is 0 Å². The number of anilines is 2. The van der Waals surface area contributed by atoms with E-state index in [2.05, 4.69) is 32.3 Å². The maximum absolute atomic E-state index is 10.1. The molecule has 3 heterocycles. The molecule has 4 rings (SSSR count). The van der Waals surface area contributed by atoms with Gasteiger partial charge >= 0.3 is 0 Å². The topological polar surface area (TPSA) is 67.2 Å². The molecule has 0 unspecified atom stereocenters. The Morgan fingerprint density at radius 2 is 1.87 bits per heavy atom. The largest absolute Gasteiger partial charge is 0.506 e. The van der Waals surface area contributed by atoms with Crippen molar-refractivity contribution in [3.63, 3.8) is 0 Å². The lowest BCUT2D eigenvalue weighted by atomic mass is 10.2. The molecule has 0 aliphatic carbocycles. The molecule has 2 aliphatic rings. The van der Waals surface area contributed by atoms with Crippen LogP contribution in [-0.4, -0.2) is 73.3 Å². The smallest absolute Gasteiger partial charge is 0.194 e. The average molecular weight is 429 g/mol. The Morgan fingerprint density at radius 3 is 2.60 bits per heavy atom. The van der Waals surface area contributed by atoms with E-state index in [1.165, 1.54) is 18.0 Å². The van der Waals surface area contributed by atoms with E-state index >= 15 is 0 Å². The van der Waals surface area contributed by atoms with Crippen LogP contribution in [0.1, 0.15) is 25.5 Å². The quantitative estimate of drug-likeness (QED) is 0.545. The summed E-state index contributed by atoms with van der Waals surface area (Å²) in [5.74, 6) is 1.33. The molecular weight excluding hydrogens is 396 g/mol. The average Bonchev–Trinajstić information content (AvgIpc) is 3.46. The molecule has 0 atom stereocenters. The van der Waals surface area contributed by atoms with E-state index in [4.69, 9.17) is 9.98 Å². The first-order chi connectivity index (χ1) is 14.7. The van der Waals surface area contributed by atoms with Gasteiger partial charge in [0.1, 0.15) is 5.75 Å². The highest BCUT2D eigenvalue weighted by Gasteiger charge is 2.21. The molecule has 2 saturated heterocycles. The third kappa shape index (κ3) is 4.98. The van der Waals surface area contributed by atoms with Crippen molar-refractivity contribution in [1.82, 2.24) is 15.2 Å². The van der Waals surface area contributed by atoms with Gasteiger partial charge in [-0.1, -0.05) is 12.1 Å². The summed E-state index contributed by atoms with van der Waals surface area (Å²) in [6.45, 7) is 9.49. The van der Waals surface area contributed by atoms with E-state index in [1.54, 1.807) is 17.4 Å². The molecular formula is C22H32N6OS. The van der Waals surface area contributed by atoms with Gasteiger partial charge < -0.3 is 25.1 Å². The molecule has 0 amide bonds. The first-order valence-corrected chi connectivity index (χ1v) is 11.9. The van der Waals surface area contributed by atoms with Gasteiger partial charge in [0.05, 0.1) is 11.4 Å². The number of rotatable bonds is 6. The van der Waals surface area contributed by atoms with E-state index in [-0.39, 0.29) is 0 Å². The SMILES string of the molecule is CCNC(=NCCc1csc(N2CCCC2)n1)N1CCN(c2ccccc2O)CC1. The lowest BCUT2D eigenvalue weighted by Crippen LogP contribution is -2.52. The monoisotopic (exact) mass is 428 g/mol. The molecule has 0 saturated carbocycles. The Labute approximate surface area is 183 Å². The van der Waals surface area contributed by atoms with Gasteiger partial charge in [-0.15, -0.1) is 11.3 Å². The summed E-state index contributed by atoms with van der Waals surface area (Å²) in [6.07, 6.45) is 3.43. The summed E-state index contributed by atoms with van der Waals surface area (Å²) in [7, 11) is 0. The molecule has 1 aromatic heterocycles. The first kappa shape index (κ1) is 20.8. The van der Waals surface area contributed by atoms with Gasteiger partial charge in [0, 0.05) is 64.2 Å². The zero-order valence-electron chi connectivity index (χ0n) is 17.8. The number of guanidine groups is 1. The van der Waals surface area contributed by atoms with Crippen LogP contribution in [0.25, 0.3) is 0 Å². The summed E-state index contributed by atoms with van der Waals surface area (Å²) in [4.78, 5) is 16.6. The summed E-state index contributed by atoms with van der Waals surface area (Å²) in [5.41, 5.74) is 2.06. The molecule has 2 aliphatic heterocycles. The molecule has 7 nitrogen and oxygen atoms in total. The lowest BCUT2D eigenvalue weighted by molar-refractivity contribution is 0.370. The highest BCUT2D eigenvalue weighted by atomic mass is 32.1. The van der Waals surface area contributed by atoms with E-state index in [9.17, 15) is 5.11 Å². The number of phenols is 1. The van der Waals surface area contributed by atoms with Crippen LogP contribution < -0.4 is 15.1 Å². The van der Waals surface area contributed by atoms with E-state index < -0.39 is 0 Å². The Balaban J connectivity index is 1.31. The number of nitrogens with one attached hydrogen (secondary N) is 1. The van der Waals surface area contributed by atoms with E-state index in [0.717, 1.165) is 76.1 Å². The van der Waals surface area contributed by atoms with Crippen molar-refractivity contribution in [1.29, 1.82) is 0 Å². The zero-order valence-corrected chi connectivity index (χ0v) is 18.6. The van der Waals surface area contributed by atoms with Crippen LogP contribution in [-0.2, 0) is 6.42 Å². The van der Waals surface area contributed by atoms with E-state index in [0.29, 0.717) is 5.75 Å². The highest BCUT2D eigenvalue weighted by Crippen LogP contribution is 2.27. The molecule has 8 heteroatoms. The Kier molecular flexibility index (Phi) is 6.94. The molecule has 162 valence electrons. The summed E-state index contributed by atoms with van der Waals surface area (Å²) in [6, 6.07) is 7.57. The van der Waals surface area contributed by atoms with Crippen LogP contribution in [0.2, 0.25) is 0 Å².